The zero-order valence-corrected chi connectivity index (χ0v) is 21.6. The summed E-state index contributed by atoms with van der Waals surface area (Å²) in [5, 5.41) is 3.61. The molecule has 2 aliphatic rings. The van der Waals surface area contributed by atoms with Gasteiger partial charge in [0.15, 0.2) is 0 Å². The highest BCUT2D eigenvalue weighted by atomic mass is 16.2. The average molecular weight is 507 g/mol. The van der Waals surface area contributed by atoms with Crippen molar-refractivity contribution >= 4 is 34.4 Å². The molecule has 38 heavy (non-hydrogen) atoms. The van der Waals surface area contributed by atoms with Gasteiger partial charge in [-0.1, -0.05) is 30.8 Å². The Hall–Kier alpha value is -4.46. The van der Waals surface area contributed by atoms with Crippen LogP contribution in [0.3, 0.4) is 0 Å². The van der Waals surface area contributed by atoms with E-state index in [2.05, 4.69) is 21.9 Å². The predicted molar refractivity (Wildman–Crippen MR) is 149 cm³/mol. The van der Waals surface area contributed by atoms with Gasteiger partial charge < -0.3 is 20.5 Å². The maximum atomic E-state index is 13.2. The lowest BCUT2D eigenvalue weighted by atomic mass is 9.97. The van der Waals surface area contributed by atoms with Gasteiger partial charge in [-0.25, -0.2) is 9.97 Å². The molecule has 4 aromatic rings. The number of aromatic nitrogens is 3. The van der Waals surface area contributed by atoms with Gasteiger partial charge in [-0.3, -0.25) is 9.59 Å². The molecular formula is C30H30N6O2. The minimum atomic E-state index is -0.220. The fourth-order valence-electron chi connectivity index (χ4n) is 5.57. The number of carbonyl (C=O) groups is 2. The maximum absolute atomic E-state index is 13.2. The fraction of sp³-hybridized carbons (Fsp3) is 0.267. The molecule has 1 aliphatic heterocycles. The molecule has 2 aromatic carbocycles. The molecule has 8 nitrogen and oxygen atoms in total. The van der Waals surface area contributed by atoms with Crippen molar-refractivity contribution in [1.29, 1.82) is 0 Å². The van der Waals surface area contributed by atoms with Crippen molar-refractivity contribution in [3.63, 3.8) is 0 Å². The van der Waals surface area contributed by atoms with Crippen molar-refractivity contribution < 1.29 is 9.59 Å². The van der Waals surface area contributed by atoms with E-state index in [1.54, 1.807) is 6.92 Å². The number of nitrogens with two attached hydrogens (primary N) is 1. The molecule has 3 N–H and O–H groups in total. The van der Waals surface area contributed by atoms with Crippen LogP contribution in [0.2, 0.25) is 0 Å². The van der Waals surface area contributed by atoms with Gasteiger partial charge in [0.1, 0.15) is 17.8 Å². The summed E-state index contributed by atoms with van der Waals surface area (Å²) in [5.74, 6) is 1.78. The van der Waals surface area contributed by atoms with Crippen molar-refractivity contribution in [1.82, 2.24) is 19.4 Å². The molecule has 8 heteroatoms. The zero-order valence-electron chi connectivity index (χ0n) is 21.6. The average Bonchev–Trinajstić information content (AvgIpc) is 3.64. The van der Waals surface area contributed by atoms with Crippen molar-refractivity contribution in [3.8, 4) is 22.4 Å². The molecule has 2 fully saturated rings. The van der Waals surface area contributed by atoms with E-state index in [1.807, 2.05) is 65.0 Å². The Morgan fingerprint density at radius 3 is 2.42 bits per heavy atom. The number of carbonyl (C=O) groups excluding carboxylic acids is 2. The van der Waals surface area contributed by atoms with Crippen LogP contribution in [0.5, 0.6) is 0 Å². The second-order valence-electron chi connectivity index (χ2n) is 10.4. The minimum Gasteiger partial charge on any atom is -0.383 e. The smallest absolute Gasteiger partial charge is 0.253 e. The third-order valence-electron chi connectivity index (χ3n) is 7.80. The Morgan fingerprint density at radius 1 is 1.03 bits per heavy atom. The quantitative estimate of drug-likeness (QED) is 0.375. The summed E-state index contributed by atoms with van der Waals surface area (Å²) in [6, 6.07) is 15.4. The first kappa shape index (κ1) is 23.9. The van der Waals surface area contributed by atoms with Crippen molar-refractivity contribution in [3.05, 3.63) is 72.6 Å². The molecule has 1 aliphatic carbocycles. The number of fused-ring (bicyclic) bond motifs is 2. The lowest BCUT2D eigenvalue weighted by Crippen LogP contribution is -2.36. The van der Waals surface area contributed by atoms with E-state index >= 15 is 0 Å². The summed E-state index contributed by atoms with van der Waals surface area (Å²) >= 11 is 0. The number of hydrogen-bond donors (Lipinski definition) is 2. The lowest BCUT2D eigenvalue weighted by molar-refractivity contribution is -0.112. The molecule has 1 saturated carbocycles. The molecule has 0 spiro atoms. The molecule has 6 rings (SSSR count). The second kappa shape index (κ2) is 9.13. The predicted octanol–water partition coefficient (Wildman–Crippen LogP) is 4.88. The van der Waals surface area contributed by atoms with E-state index in [9.17, 15) is 9.59 Å². The number of rotatable bonds is 5. The maximum Gasteiger partial charge on any atom is 0.253 e. The number of likely N-dealkylation sites (tertiary alicyclic amines) is 1. The largest absolute Gasteiger partial charge is 0.383 e. The monoisotopic (exact) mass is 506 g/mol. The molecule has 2 aromatic heterocycles. The summed E-state index contributed by atoms with van der Waals surface area (Å²) < 4.78 is 2.00. The van der Waals surface area contributed by atoms with E-state index in [0.29, 0.717) is 28.6 Å². The van der Waals surface area contributed by atoms with E-state index in [1.165, 1.54) is 12.7 Å². The molecule has 192 valence electrons. The van der Waals surface area contributed by atoms with Crippen LogP contribution in [0.25, 0.3) is 33.4 Å². The second-order valence-corrected chi connectivity index (χ2v) is 10.4. The number of aryl methyl sites for hydroxylation is 1. The number of nitrogen functional groups attached to an aromatic ring is 1. The van der Waals surface area contributed by atoms with Crippen LogP contribution in [0.15, 0.2) is 67.0 Å². The molecule has 0 bridgehead atoms. The molecule has 2 unspecified atom stereocenters. The van der Waals surface area contributed by atoms with Crippen LogP contribution in [0, 0.1) is 11.8 Å². The highest BCUT2D eigenvalue weighted by Gasteiger charge is 2.42. The molecular weight excluding hydrogens is 476 g/mol. The Balaban J connectivity index is 1.39. The highest BCUT2D eigenvalue weighted by Crippen LogP contribution is 2.45. The van der Waals surface area contributed by atoms with Crippen LogP contribution >= 0.6 is 0 Å². The molecule has 3 heterocycles. The number of anilines is 2. The number of nitrogens with one attached hydrogen (secondary N) is 1. The van der Waals surface area contributed by atoms with Crippen molar-refractivity contribution in [2.24, 2.45) is 18.9 Å². The Morgan fingerprint density at radius 2 is 1.74 bits per heavy atom. The lowest BCUT2D eigenvalue weighted by Gasteiger charge is -2.26. The third kappa shape index (κ3) is 4.12. The Kier molecular flexibility index (Phi) is 5.75. The topological polar surface area (TPSA) is 106 Å². The van der Waals surface area contributed by atoms with Gasteiger partial charge in [0.25, 0.3) is 11.8 Å². The normalized spacial score (nSPS) is 18.2. The first-order valence-electron chi connectivity index (χ1n) is 12.9. The number of benzene rings is 2. The third-order valence-corrected chi connectivity index (χ3v) is 7.80. The zero-order chi connectivity index (χ0) is 26.6. The molecule has 2 amide bonds. The summed E-state index contributed by atoms with van der Waals surface area (Å²) in [7, 11) is 1.95. The van der Waals surface area contributed by atoms with Gasteiger partial charge in [0.2, 0.25) is 0 Å². The molecule has 0 radical (unpaired) electrons. The molecule has 1 saturated heterocycles. The number of nitrogens with zero attached hydrogens (tertiary/aromatic N) is 4. The van der Waals surface area contributed by atoms with E-state index in [4.69, 9.17) is 5.73 Å². The van der Waals surface area contributed by atoms with Crippen molar-refractivity contribution in [2.75, 3.05) is 24.1 Å². The van der Waals surface area contributed by atoms with Gasteiger partial charge in [0.05, 0.1) is 11.1 Å². The standard InChI is InChI=1S/C30H30N6O2/c1-17(2)29(37)34-23-10-8-19(9-11-23)26-24(25-27(31)32-16-33-28(25)35(26)3)18-4-6-20(7-5-18)30(38)36-13-12-21-14-22(21)15-36/h4-11,16,21-22H,1,12-15H2,2-3H3,(H,34,37)(H2,31,32,33). The van der Waals surface area contributed by atoms with Gasteiger partial charge >= 0.3 is 0 Å². The van der Waals surface area contributed by atoms with Crippen LogP contribution < -0.4 is 11.1 Å². The first-order valence-corrected chi connectivity index (χ1v) is 12.9. The Labute approximate surface area is 221 Å². The van der Waals surface area contributed by atoms with E-state index in [0.717, 1.165) is 58.8 Å². The minimum absolute atomic E-state index is 0.0929. The number of hydrogen-bond acceptors (Lipinski definition) is 5. The van der Waals surface area contributed by atoms with Crippen LogP contribution in [0.1, 0.15) is 30.1 Å². The summed E-state index contributed by atoms with van der Waals surface area (Å²) in [6.07, 6.45) is 3.84. The summed E-state index contributed by atoms with van der Waals surface area (Å²) in [6.45, 7) is 7.07. The number of piperidine rings is 1. The van der Waals surface area contributed by atoms with Gasteiger partial charge in [-0.15, -0.1) is 0 Å². The van der Waals surface area contributed by atoms with Crippen LogP contribution in [-0.4, -0.2) is 44.3 Å². The summed E-state index contributed by atoms with van der Waals surface area (Å²) in [5.41, 5.74) is 12.6. The SMILES string of the molecule is C=C(C)C(=O)Nc1ccc(-c2c(-c3ccc(C(=O)N4CCC5CC5C4)cc3)c3c(N)ncnc3n2C)cc1. The highest BCUT2D eigenvalue weighted by molar-refractivity contribution is 6.08. The van der Waals surface area contributed by atoms with Crippen molar-refractivity contribution in [2.45, 2.75) is 19.8 Å². The Bertz CT molecular complexity index is 1590. The van der Waals surface area contributed by atoms with E-state index < -0.39 is 0 Å². The van der Waals surface area contributed by atoms with Gasteiger partial charge in [-0.2, -0.15) is 0 Å². The van der Waals surface area contributed by atoms with E-state index in [-0.39, 0.29) is 11.8 Å². The number of amides is 2. The van der Waals surface area contributed by atoms with Crippen LogP contribution in [0.4, 0.5) is 11.5 Å². The molecule has 2 atom stereocenters. The summed E-state index contributed by atoms with van der Waals surface area (Å²) in [4.78, 5) is 36.0. The fourth-order valence-corrected chi connectivity index (χ4v) is 5.57. The van der Waals surface area contributed by atoms with Crippen LogP contribution in [-0.2, 0) is 11.8 Å². The van der Waals surface area contributed by atoms with Gasteiger partial charge in [0, 0.05) is 42.5 Å². The first-order chi connectivity index (χ1) is 18.3. The van der Waals surface area contributed by atoms with Gasteiger partial charge in [-0.05, 0) is 67.0 Å².